The summed E-state index contributed by atoms with van der Waals surface area (Å²) in [5.74, 6) is 7.53. The van der Waals surface area contributed by atoms with Crippen molar-refractivity contribution in [2.75, 3.05) is 13.7 Å². The Kier molecular flexibility index (Phi) is 9.80. The van der Waals surface area contributed by atoms with E-state index in [-0.39, 0.29) is 23.9 Å². The number of carbonyl (C=O) groups is 1. The van der Waals surface area contributed by atoms with E-state index in [2.05, 4.69) is 49.9 Å². The molecule has 0 radical (unpaired) electrons. The van der Waals surface area contributed by atoms with Crippen LogP contribution in [0.2, 0.25) is 0 Å². The van der Waals surface area contributed by atoms with Gasteiger partial charge in [0.1, 0.15) is 18.4 Å². The minimum Gasteiger partial charge on any atom is -0.459 e. The summed E-state index contributed by atoms with van der Waals surface area (Å²) < 4.78 is 11.6. The van der Waals surface area contributed by atoms with Gasteiger partial charge in [-0.3, -0.25) is 4.79 Å². The normalized spacial score (nSPS) is 21.8. The molecule has 1 aromatic carbocycles. The molecule has 0 amide bonds. The van der Waals surface area contributed by atoms with E-state index >= 15 is 0 Å². The molecule has 2 aliphatic carbocycles. The molecule has 1 unspecified atom stereocenters. The van der Waals surface area contributed by atoms with Crippen LogP contribution >= 0.6 is 0 Å². The number of benzene rings is 1. The van der Waals surface area contributed by atoms with Crippen molar-refractivity contribution in [1.29, 1.82) is 0 Å². The highest BCUT2D eigenvalue weighted by Gasteiger charge is 2.42. The first-order valence-electron chi connectivity index (χ1n) is 13.1. The van der Waals surface area contributed by atoms with Gasteiger partial charge in [-0.05, 0) is 74.7 Å². The van der Waals surface area contributed by atoms with Gasteiger partial charge in [0.05, 0.1) is 13.0 Å². The maximum Gasteiger partial charge on any atom is 0.307 e. The number of hydrogen-bond donors (Lipinski definition) is 0. The predicted octanol–water partition coefficient (Wildman–Crippen LogP) is 6.55. The Bertz CT molecular complexity index is 896. The lowest BCUT2D eigenvalue weighted by atomic mass is 9.68. The summed E-state index contributed by atoms with van der Waals surface area (Å²) in [6, 6.07) is 10.1. The first kappa shape index (κ1) is 27.3. The number of oxime groups is 1. The summed E-state index contributed by atoms with van der Waals surface area (Å²) >= 11 is 0. The van der Waals surface area contributed by atoms with E-state index in [0.717, 1.165) is 50.0 Å². The fraction of sp³-hybridized carbons (Fsp3) is 0.667. The van der Waals surface area contributed by atoms with Gasteiger partial charge in [0.25, 0.3) is 0 Å². The van der Waals surface area contributed by atoms with Gasteiger partial charge in [-0.15, -0.1) is 0 Å². The summed E-state index contributed by atoms with van der Waals surface area (Å²) in [6.45, 7) is 10.1. The van der Waals surface area contributed by atoms with Crippen LogP contribution in [-0.2, 0) is 25.7 Å². The summed E-state index contributed by atoms with van der Waals surface area (Å²) in [6.07, 6.45) is 7.22. The molecular weight excluding hydrogens is 438 g/mol. The zero-order valence-corrected chi connectivity index (χ0v) is 22.3. The Hall–Kier alpha value is -2.32. The monoisotopic (exact) mass is 481 g/mol. The van der Waals surface area contributed by atoms with E-state index in [1.165, 1.54) is 13.5 Å². The van der Waals surface area contributed by atoms with Crippen molar-refractivity contribution >= 4 is 11.7 Å². The Morgan fingerprint density at radius 3 is 2.54 bits per heavy atom. The van der Waals surface area contributed by atoms with Crippen molar-refractivity contribution in [3.8, 4) is 11.8 Å². The second kappa shape index (κ2) is 12.6. The molecule has 1 atom stereocenters. The Morgan fingerprint density at radius 2 is 1.91 bits per heavy atom. The topological polar surface area (TPSA) is 57.1 Å². The maximum absolute atomic E-state index is 12.7. The average Bonchev–Trinajstić information content (AvgIpc) is 3.49. The summed E-state index contributed by atoms with van der Waals surface area (Å²) in [7, 11) is 1.54. The third kappa shape index (κ3) is 10.1. The van der Waals surface area contributed by atoms with Gasteiger partial charge in [0.15, 0.2) is 0 Å². The smallest absolute Gasteiger partial charge is 0.307 e. The second-order valence-electron chi connectivity index (χ2n) is 11.7. The molecule has 0 saturated heterocycles. The number of carbonyl (C=O) groups excluding carboxylic acids is 1. The van der Waals surface area contributed by atoms with Crippen LogP contribution in [0.25, 0.3) is 0 Å². The first-order chi connectivity index (χ1) is 16.7. The molecule has 0 aromatic heterocycles. The molecule has 0 aliphatic heterocycles. The van der Waals surface area contributed by atoms with E-state index < -0.39 is 0 Å². The molecule has 2 fully saturated rings. The Labute approximate surface area is 212 Å². The highest BCUT2D eigenvalue weighted by molar-refractivity contribution is 6.03. The highest BCUT2D eigenvalue weighted by Crippen LogP contribution is 2.41. The number of rotatable bonds is 12. The molecule has 2 saturated carbocycles. The van der Waals surface area contributed by atoms with Gasteiger partial charge >= 0.3 is 5.97 Å². The van der Waals surface area contributed by atoms with E-state index in [0.29, 0.717) is 30.3 Å². The fourth-order valence-corrected chi connectivity index (χ4v) is 4.69. The van der Waals surface area contributed by atoms with Gasteiger partial charge in [0, 0.05) is 18.4 Å². The standard InChI is InChI=1S/C30H43NO4/c1-29(2,3)21-25-18-24(19-25)13-14-27(31-33-5)26(20-28(32)35-30(4)15-16-30)12-9-17-34-22-23-10-7-6-8-11-23/h6-8,10-11,24-26H,9,12,15-22H2,1-5H3/b31-27+. The minimum absolute atomic E-state index is 0.136. The molecule has 1 aromatic rings. The number of ether oxygens (including phenoxy) is 2. The van der Waals surface area contributed by atoms with Crippen LogP contribution < -0.4 is 0 Å². The van der Waals surface area contributed by atoms with Gasteiger partial charge in [0.2, 0.25) is 0 Å². The van der Waals surface area contributed by atoms with Crippen LogP contribution in [0.3, 0.4) is 0 Å². The molecular formula is C30H43NO4. The first-order valence-corrected chi connectivity index (χ1v) is 13.1. The second-order valence-corrected chi connectivity index (χ2v) is 11.7. The third-order valence-corrected chi connectivity index (χ3v) is 6.80. The summed E-state index contributed by atoms with van der Waals surface area (Å²) in [4.78, 5) is 17.8. The summed E-state index contributed by atoms with van der Waals surface area (Å²) in [5, 5.41) is 4.24. The lowest BCUT2D eigenvalue weighted by molar-refractivity contribution is -0.150. The quantitative estimate of drug-likeness (QED) is 0.112. The van der Waals surface area contributed by atoms with Gasteiger partial charge in [-0.1, -0.05) is 62.2 Å². The Morgan fingerprint density at radius 1 is 1.20 bits per heavy atom. The molecule has 0 spiro atoms. The van der Waals surface area contributed by atoms with Crippen molar-refractivity contribution in [3.05, 3.63) is 35.9 Å². The Balaban J connectivity index is 1.55. The van der Waals surface area contributed by atoms with Crippen molar-refractivity contribution in [2.45, 2.75) is 91.3 Å². The molecule has 0 heterocycles. The van der Waals surface area contributed by atoms with E-state index in [9.17, 15) is 4.79 Å². The van der Waals surface area contributed by atoms with Crippen molar-refractivity contribution in [2.24, 2.45) is 28.3 Å². The van der Waals surface area contributed by atoms with Crippen LogP contribution in [0, 0.1) is 35.0 Å². The van der Waals surface area contributed by atoms with Crippen LogP contribution in [0.1, 0.15) is 84.6 Å². The number of hydrogen-bond acceptors (Lipinski definition) is 5. The SMILES string of the molecule is CO/N=C(\C#CC1CC(CC(C)(C)C)C1)C(CCCOCc1ccccc1)CC(=O)OC1(C)CC1. The lowest BCUT2D eigenvalue weighted by Crippen LogP contribution is -2.27. The molecule has 0 bridgehead atoms. The van der Waals surface area contributed by atoms with E-state index in [1.807, 2.05) is 25.1 Å². The summed E-state index contributed by atoms with van der Waals surface area (Å²) in [5.41, 5.74) is 1.88. The van der Waals surface area contributed by atoms with E-state index in [4.69, 9.17) is 14.3 Å². The van der Waals surface area contributed by atoms with Gasteiger partial charge in [-0.25, -0.2) is 0 Å². The third-order valence-electron chi connectivity index (χ3n) is 6.80. The molecule has 2 aliphatic rings. The molecule has 192 valence electrons. The van der Waals surface area contributed by atoms with Crippen LogP contribution in [0.15, 0.2) is 35.5 Å². The molecule has 5 nitrogen and oxygen atoms in total. The predicted molar refractivity (Wildman–Crippen MR) is 140 cm³/mol. The zero-order valence-electron chi connectivity index (χ0n) is 22.3. The molecule has 35 heavy (non-hydrogen) atoms. The van der Waals surface area contributed by atoms with Crippen LogP contribution in [-0.4, -0.2) is 31.0 Å². The van der Waals surface area contributed by atoms with Gasteiger partial charge < -0.3 is 14.3 Å². The van der Waals surface area contributed by atoms with Crippen LogP contribution in [0.4, 0.5) is 0 Å². The minimum atomic E-state index is -0.279. The zero-order chi connectivity index (χ0) is 25.3. The fourth-order valence-electron chi connectivity index (χ4n) is 4.69. The largest absolute Gasteiger partial charge is 0.459 e. The number of nitrogens with zero attached hydrogens (tertiary/aromatic N) is 1. The number of esters is 1. The molecule has 3 rings (SSSR count). The molecule has 0 N–H and O–H groups in total. The van der Waals surface area contributed by atoms with Crippen molar-refractivity contribution in [3.63, 3.8) is 0 Å². The van der Waals surface area contributed by atoms with Crippen LogP contribution in [0.5, 0.6) is 0 Å². The van der Waals surface area contributed by atoms with Gasteiger partial charge in [-0.2, -0.15) is 0 Å². The van der Waals surface area contributed by atoms with E-state index in [1.54, 1.807) is 0 Å². The molecule has 5 heteroatoms. The highest BCUT2D eigenvalue weighted by atomic mass is 16.6. The van der Waals surface area contributed by atoms with Crippen molar-refractivity contribution in [1.82, 2.24) is 0 Å². The lowest BCUT2D eigenvalue weighted by Gasteiger charge is -2.36. The maximum atomic E-state index is 12.7. The van der Waals surface area contributed by atoms with Crippen molar-refractivity contribution < 1.29 is 19.1 Å². The average molecular weight is 482 g/mol.